The quantitative estimate of drug-likeness (QED) is 0.903. The van der Waals surface area contributed by atoms with E-state index in [-0.39, 0.29) is 23.9 Å². The Kier molecular flexibility index (Phi) is 3.50. The fourth-order valence-electron chi connectivity index (χ4n) is 3.57. The Labute approximate surface area is 116 Å². The first-order valence-corrected chi connectivity index (χ1v) is 7.04. The van der Waals surface area contributed by atoms with Gasteiger partial charge in [0.25, 0.3) is 0 Å². The third-order valence-electron chi connectivity index (χ3n) is 4.67. The number of hydrogen-bond acceptors (Lipinski definition) is 2. The average molecular weight is 285 g/mol. The summed E-state index contributed by atoms with van der Waals surface area (Å²) in [5.41, 5.74) is -0.286. The number of halogens is 3. The summed E-state index contributed by atoms with van der Waals surface area (Å²) in [5, 5.41) is 10.3. The third-order valence-corrected chi connectivity index (χ3v) is 4.67. The second-order valence-corrected chi connectivity index (χ2v) is 5.79. The minimum atomic E-state index is -4.33. The molecule has 4 rings (SSSR count). The molecule has 3 fully saturated rings. The highest BCUT2D eigenvalue weighted by Crippen LogP contribution is 2.37. The lowest BCUT2D eigenvalue weighted by atomic mass is 9.78. The Morgan fingerprint density at radius 3 is 2.40 bits per heavy atom. The summed E-state index contributed by atoms with van der Waals surface area (Å²) in [4.78, 5) is 2.14. The molecule has 0 amide bonds. The van der Waals surface area contributed by atoms with Crippen LogP contribution in [0.3, 0.4) is 0 Å². The number of alkyl halides is 3. The first-order chi connectivity index (χ1) is 9.47. The van der Waals surface area contributed by atoms with Crippen molar-refractivity contribution in [2.75, 3.05) is 13.1 Å². The molecular formula is C15H18F3NO. The molecule has 0 aromatic heterocycles. The Bertz CT molecular complexity index is 478. The summed E-state index contributed by atoms with van der Waals surface area (Å²) in [6.07, 6.45) is -2.64. The van der Waals surface area contributed by atoms with Gasteiger partial charge in [-0.15, -0.1) is 0 Å². The highest BCUT2D eigenvalue weighted by atomic mass is 19.4. The molecule has 3 saturated heterocycles. The predicted octanol–water partition coefficient (Wildman–Crippen LogP) is 2.70. The lowest BCUT2D eigenvalue weighted by molar-refractivity contribution is -0.138. The van der Waals surface area contributed by atoms with Gasteiger partial charge in [0, 0.05) is 6.04 Å². The fraction of sp³-hybridized carbons (Fsp3) is 0.600. The zero-order valence-corrected chi connectivity index (χ0v) is 11.1. The first kappa shape index (κ1) is 13.9. The summed E-state index contributed by atoms with van der Waals surface area (Å²) >= 11 is 0. The summed E-state index contributed by atoms with van der Waals surface area (Å²) < 4.78 is 39.0. The first-order valence-electron chi connectivity index (χ1n) is 7.04. The van der Waals surface area contributed by atoms with Crippen LogP contribution in [0.5, 0.6) is 0 Å². The Hall–Kier alpha value is -1.07. The second kappa shape index (κ2) is 5.04. The molecule has 1 aromatic carbocycles. The van der Waals surface area contributed by atoms with Crippen LogP contribution in [0.25, 0.3) is 0 Å². The molecule has 0 saturated carbocycles. The topological polar surface area (TPSA) is 23.5 Å². The van der Waals surface area contributed by atoms with E-state index in [1.165, 1.54) is 12.1 Å². The van der Waals surface area contributed by atoms with E-state index >= 15 is 0 Å². The Morgan fingerprint density at radius 2 is 1.80 bits per heavy atom. The molecule has 0 radical (unpaired) electrons. The molecule has 2 bridgehead atoms. The van der Waals surface area contributed by atoms with Crippen molar-refractivity contribution in [2.24, 2.45) is 5.92 Å². The van der Waals surface area contributed by atoms with Gasteiger partial charge in [-0.1, -0.05) is 18.2 Å². The minimum Gasteiger partial charge on any atom is -0.391 e. The van der Waals surface area contributed by atoms with Gasteiger partial charge in [-0.3, -0.25) is 4.90 Å². The number of aliphatic hydroxyl groups excluding tert-OH is 1. The fourth-order valence-corrected chi connectivity index (χ4v) is 3.57. The van der Waals surface area contributed by atoms with E-state index in [9.17, 15) is 18.3 Å². The van der Waals surface area contributed by atoms with E-state index in [0.29, 0.717) is 0 Å². The average Bonchev–Trinajstić information content (AvgIpc) is 2.43. The van der Waals surface area contributed by atoms with Crippen LogP contribution in [0, 0.1) is 5.92 Å². The molecule has 3 aliphatic heterocycles. The molecule has 0 aliphatic carbocycles. The van der Waals surface area contributed by atoms with Crippen LogP contribution in [-0.4, -0.2) is 35.2 Å². The molecule has 3 aliphatic rings. The van der Waals surface area contributed by atoms with Crippen molar-refractivity contribution in [3.63, 3.8) is 0 Å². The maximum atomic E-state index is 13.0. The second-order valence-electron chi connectivity index (χ2n) is 5.79. The summed E-state index contributed by atoms with van der Waals surface area (Å²) in [5.74, 6) is 0.253. The monoisotopic (exact) mass is 285 g/mol. The van der Waals surface area contributed by atoms with E-state index in [4.69, 9.17) is 0 Å². The number of aliphatic hydroxyl groups is 1. The van der Waals surface area contributed by atoms with Crippen molar-refractivity contribution in [2.45, 2.75) is 37.6 Å². The van der Waals surface area contributed by atoms with Crippen LogP contribution in [0.4, 0.5) is 13.2 Å². The third kappa shape index (κ3) is 2.44. The molecule has 2 unspecified atom stereocenters. The number of rotatable bonds is 2. The van der Waals surface area contributed by atoms with Gasteiger partial charge in [-0.2, -0.15) is 13.2 Å². The van der Waals surface area contributed by atoms with Gasteiger partial charge >= 0.3 is 6.18 Å². The van der Waals surface area contributed by atoms with Gasteiger partial charge < -0.3 is 5.11 Å². The van der Waals surface area contributed by atoms with Gasteiger partial charge in [0.2, 0.25) is 0 Å². The Balaban J connectivity index is 1.85. The number of nitrogens with zero attached hydrogens (tertiary/aromatic N) is 1. The molecular weight excluding hydrogens is 267 g/mol. The maximum absolute atomic E-state index is 13.0. The highest BCUT2D eigenvalue weighted by molar-refractivity contribution is 5.30. The van der Waals surface area contributed by atoms with Crippen LogP contribution in [0.1, 0.15) is 24.0 Å². The van der Waals surface area contributed by atoms with Crippen molar-refractivity contribution in [3.8, 4) is 0 Å². The predicted molar refractivity (Wildman–Crippen MR) is 69.2 cm³/mol. The van der Waals surface area contributed by atoms with Crippen molar-refractivity contribution >= 4 is 0 Å². The van der Waals surface area contributed by atoms with Crippen molar-refractivity contribution in [3.05, 3.63) is 35.4 Å². The van der Waals surface area contributed by atoms with E-state index in [2.05, 4.69) is 4.90 Å². The normalized spacial score (nSPS) is 33.4. The van der Waals surface area contributed by atoms with Crippen molar-refractivity contribution < 1.29 is 18.3 Å². The van der Waals surface area contributed by atoms with Crippen molar-refractivity contribution in [1.82, 2.24) is 4.90 Å². The zero-order valence-electron chi connectivity index (χ0n) is 11.1. The number of hydrogen-bond donors (Lipinski definition) is 1. The van der Waals surface area contributed by atoms with Gasteiger partial charge in [0.15, 0.2) is 0 Å². The summed E-state index contributed by atoms with van der Waals surface area (Å²) in [6, 6.07) is 5.52. The lowest BCUT2D eigenvalue weighted by Crippen LogP contribution is -2.58. The minimum absolute atomic E-state index is 0.175. The molecule has 5 heteroatoms. The van der Waals surface area contributed by atoms with Crippen LogP contribution in [0.2, 0.25) is 0 Å². The smallest absolute Gasteiger partial charge is 0.391 e. The number of piperidine rings is 3. The van der Waals surface area contributed by atoms with E-state index in [1.807, 2.05) is 0 Å². The number of fused-ring (bicyclic) bond motifs is 3. The van der Waals surface area contributed by atoms with E-state index in [1.54, 1.807) is 6.07 Å². The van der Waals surface area contributed by atoms with Crippen molar-refractivity contribution in [1.29, 1.82) is 0 Å². The molecule has 1 N–H and O–H groups in total. The van der Waals surface area contributed by atoms with Gasteiger partial charge in [0.1, 0.15) is 0 Å². The lowest BCUT2D eigenvalue weighted by Gasteiger charge is -2.49. The Morgan fingerprint density at radius 1 is 1.15 bits per heavy atom. The summed E-state index contributed by atoms with van der Waals surface area (Å²) in [6.45, 7) is 1.78. The molecule has 2 nitrogen and oxygen atoms in total. The molecule has 110 valence electrons. The molecule has 20 heavy (non-hydrogen) atoms. The zero-order chi connectivity index (χ0) is 14.3. The standard InChI is InChI=1S/C15H18F3NO/c16-15(17,18)12-4-2-1-3-11(12)9-13-14(20)10-5-7-19(13)8-6-10/h1-4,10,13-14,20H,5-9H2. The van der Waals surface area contributed by atoms with Crippen LogP contribution in [-0.2, 0) is 12.6 Å². The van der Waals surface area contributed by atoms with E-state index < -0.39 is 17.8 Å². The highest BCUT2D eigenvalue weighted by Gasteiger charge is 2.42. The maximum Gasteiger partial charge on any atom is 0.416 e. The van der Waals surface area contributed by atoms with E-state index in [0.717, 1.165) is 32.0 Å². The summed E-state index contributed by atoms with van der Waals surface area (Å²) in [7, 11) is 0. The molecule has 0 spiro atoms. The van der Waals surface area contributed by atoms with Crippen LogP contribution < -0.4 is 0 Å². The number of benzene rings is 1. The SMILES string of the molecule is OC1C2CCN(CC2)C1Cc1ccccc1C(F)(F)F. The molecule has 3 heterocycles. The van der Waals surface area contributed by atoms with Crippen LogP contribution >= 0.6 is 0 Å². The van der Waals surface area contributed by atoms with Crippen LogP contribution in [0.15, 0.2) is 24.3 Å². The van der Waals surface area contributed by atoms with Gasteiger partial charge in [-0.25, -0.2) is 0 Å². The van der Waals surface area contributed by atoms with Gasteiger partial charge in [-0.05, 0) is 49.9 Å². The largest absolute Gasteiger partial charge is 0.416 e. The molecule has 2 atom stereocenters. The molecule has 1 aromatic rings. The van der Waals surface area contributed by atoms with Gasteiger partial charge in [0.05, 0.1) is 11.7 Å².